The average molecular weight is 165 g/mol. The maximum atomic E-state index is 10.3. The van der Waals surface area contributed by atoms with E-state index in [1.807, 2.05) is 0 Å². The largest absolute Gasteiger partial charge is 0.453 e. The second-order valence-corrected chi connectivity index (χ2v) is 2.48. The molecule has 1 heterocycles. The minimum atomic E-state index is -1.17. The molecule has 0 aliphatic carbocycles. The van der Waals surface area contributed by atoms with Gasteiger partial charge in [-0.15, -0.1) is 0 Å². The van der Waals surface area contributed by atoms with E-state index >= 15 is 0 Å². The fourth-order valence-corrected chi connectivity index (χ4v) is 0.827. The number of nitrogens with zero attached hydrogens (tertiary/aromatic N) is 2. The van der Waals surface area contributed by atoms with E-state index in [4.69, 9.17) is 0 Å². The van der Waals surface area contributed by atoms with Crippen molar-refractivity contribution in [1.82, 2.24) is 9.88 Å². The number of carbonyl (C=O) groups excluding carboxylic acids is 1. The van der Waals surface area contributed by atoms with Crippen molar-refractivity contribution in [2.24, 2.45) is 0 Å². The molecule has 1 aromatic rings. The zero-order chi connectivity index (χ0) is 8.97. The van der Waals surface area contributed by atoms with Gasteiger partial charge in [0.2, 0.25) is 0 Å². The van der Waals surface area contributed by atoms with Gasteiger partial charge in [0, 0.05) is 26.0 Å². The molecule has 0 aliphatic heterocycles. The van der Waals surface area contributed by atoms with Crippen molar-refractivity contribution >= 4 is 6.09 Å². The smallest absolute Gasteiger partial charge is 0.304 e. The minimum Gasteiger partial charge on any atom is -0.304 e. The Hall–Kier alpha value is -1.58. The molecule has 0 aliphatic rings. The summed E-state index contributed by atoms with van der Waals surface area (Å²) in [4.78, 5) is 15.2. The molecule has 0 spiro atoms. The molecule has 1 amide bonds. The number of rotatable bonds is 2. The lowest BCUT2D eigenvalue weighted by atomic mass is 10.2. The summed E-state index contributed by atoms with van der Waals surface area (Å²) in [5.74, 6) is 0. The van der Waals surface area contributed by atoms with Crippen LogP contribution >= 0.6 is 0 Å². The average Bonchev–Trinajstić information content (AvgIpc) is 2.06. The zero-order valence-corrected chi connectivity index (χ0v) is 6.73. The number of aromatic nitrogens is 1. The van der Waals surface area contributed by atoms with E-state index in [2.05, 4.69) is 4.98 Å². The second kappa shape index (κ2) is 3.71. The van der Waals surface area contributed by atoms with Gasteiger partial charge in [-0.2, -0.15) is 0 Å². The van der Waals surface area contributed by atoms with Gasteiger partial charge in [0.25, 0.3) is 0 Å². The number of hydrogen-bond donors (Lipinski definition) is 0. The summed E-state index contributed by atoms with van der Waals surface area (Å²) in [6, 6.07) is 3.53. The summed E-state index contributed by atoms with van der Waals surface area (Å²) < 4.78 is 0. The van der Waals surface area contributed by atoms with Gasteiger partial charge in [0.1, 0.15) is 0 Å². The lowest BCUT2D eigenvalue weighted by molar-refractivity contribution is 0.127. The van der Waals surface area contributed by atoms with Gasteiger partial charge in [-0.25, -0.2) is 9.90 Å². The van der Waals surface area contributed by atoms with E-state index in [1.165, 1.54) is 7.05 Å². The van der Waals surface area contributed by atoms with E-state index in [1.54, 1.807) is 24.5 Å². The fraction of sp³-hybridized carbons (Fsp3) is 0.250. The highest BCUT2D eigenvalue weighted by Crippen LogP contribution is 2.00. The molecule has 0 unspecified atom stereocenters. The molecule has 4 heteroatoms. The summed E-state index contributed by atoms with van der Waals surface area (Å²) in [6.07, 6.45) is 2.07. The van der Waals surface area contributed by atoms with Crippen molar-refractivity contribution in [3.05, 3.63) is 30.1 Å². The van der Waals surface area contributed by atoms with Gasteiger partial charge in [-0.05, 0) is 17.7 Å². The Morgan fingerprint density at radius 3 is 2.58 bits per heavy atom. The maximum Gasteiger partial charge on any atom is 0.453 e. The first-order valence-electron chi connectivity index (χ1n) is 3.51. The van der Waals surface area contributed by atoms with E-state index in [0.29, 0.717) is 6.54 Å². The molecular weight excluding hydrogens is 156 g/mol. The first-order chi connectivity index (χ1) is 5.70. The number of hydrogen-bond acceptors (Lipinski definition) is 2. The van der Waals surface area contributed by atoms with E-state index in [-0.39, 0.29) is 0 Å². The lowest BCUT2D eigenvalue weighted by Crippen LogP contribution is -2.22. The summed E-state index contributed by atoms with van der Waals surface area (Å²) in [5.41, 5.74) is 0.900. The van der Waals surface area contributed by atoms with Crippen molar-refractivity contribution in [3.8, 4) is 0 Å². The van der Waals surface area contributed by atoms with Gasteiger partial charge in [-0.1, -0.05) is 0 Å². The molecule has 63 valence electrons. The first kappa shape index (κ1) is 8.52. The molecular formula is C8H9N2O2. The Bertz CT molecular complexity index is 261. The van der Waals surface area contributed by atoms with Crippen molar-refractivity contribution < 1.29 is 9.90 Å². The molecule has 4 nitrogen and oxygen atoms in total. The topological polar surface area (TPSA) is 53.1 Å². The van der Waals surface area contributed by atoms with E-state index < -0.39 is 6.09 Å². The minimum absolute atomic E-state index is 0.338. The van der Waals surface area contributed by atoms with E-state index in [9.17, 15) is 9.90 Å². The van der Waals surface area contributed by atoms with Crippen LogP contribution in [0.5, 0.6) is 0 Å². The Morgan fingerprint density at radius 1 is 1.50 bits per heavy atom. The fourth-order valence-electron chi connectivity index (χ4n) is 0.827. The molecule has 1 aromatic heterocycles. The monoisotopic (exact) mass is 165 g/mol. The predicted molar refractivity (Wildman–Crippen MR) is 41.8 cm³/mol. The highest BCUT2D eigenvalue weighted by molar-refractivity contribution is 5.64. The highest BCUT2D eigenvalue weighted by atomic mass is 16.4. The molecule has 0 bridgehead atoms. The molecule has 0 saturated heterocycles. The van der Waals surface area contributed by atoms with Crippen molar-refractivity contribution in [2.45, 2.75) is 6.54 Å². The standard InChI is InChI=1S/C8H9N2O2/c1-10(8(11)12)6-7-2-4-9-5-3-7/h2-5H,6H2,1H3. The third kappa shape index (κ3) is 2.23. The normalized spacial score (nSPS) is 9.42. The summed E-state index contributed by atoms with van der Waals surface area (Å²) in [6.45, 7) is 0.338. The third-order valence-electron chi connectivity index (χ3n) is 1.48. The van der Waals surface area contributed by atoms with Gasteiger partial charge >= 0.3 is 6.09 Å². The van der Waals surface area contributed by atoms with Crippen LogP contribution in [0.1, 0.15) is 5.56 Å². The van der Waals surface area contributed by atoms with Gasteiger partial charge in [0.15, 0.2) is 0 Å². The molecule has 0 N–H and O–H groups in total. The predicted octanol–water partition coefficient (Wildman–Crippen LogP) is 1.06. The molecule has 12 heavy (non-hydrogen) atoms. The SMILES string of the molecule is CN(Cc1ccncc1)C([O])=O. The Labute approximate surface area is 70.5 Å². The third-order valence-corrected chi connectivity index (χ3v) is 1.48. The molecule has 1 radical (unpaired) electrons. The molecule has 0 aromatic carbocycles. The van der Waals surface area contributed by atoms with E-state index in [0.717, 1.165) is 10.5 Å². The highest BCUT2D eigenvalue weighted by Gasteiger charge is 2.06. The summed E-state index contributed by atoms with van der Waals surface area (Å²) in [5, 5.41) is 10.3. The van der Waals surface area contributed by atoms with Crippen LogP contribution in [0.15, 0.2) is 24.5 Å². The molecule has 0 fully saturated rings. The van der Waals surface area contributed by atoms with Crippen LogP contribution in [0, 0.1) is 0 Å². The van der Waals surface area contributed by atoms with Crippen LogP contribution in [-0.2, 0) is 11.7 Å². The van der Waals surface area contributed by atoms with Gasteiger partial charge in [-0.3, -0.25) is 4.98 Å². The molecule has 0 saturated carbocycles. The van der Waals surface area contributed by atoms with Crippen LogP contribution in [0.4, 0.5) is 4.79 Å². The summed E-state index contributed by atoms with van der Waals surface area (Å²) in [7, 11) is 1.47. The van der Waals surface area contributed by atoms with Crippen LogP contribution in [0.2, 0.25) is 0 Å². The number of carbonyl (C=O) groups is 1. The Kier molecular flexibility index (Phi) is 2.63. The van der Waals surface area contributed by atoms with Crippen LogP contribution in [0.3, 0.4) is 0 Å². The Balaban J connectivity index is 2.58. The first-order valence-corrected chi connectivity index (χ1v) is 3.51. The van der Waals surface area contributed by atoms with Crippen LogP contribution in [-0.4, -0.2) is 23.0 Å². The zero-order valence-electron chi connectivity index (χ0n) is 6.73. The van der Waals surface area contributed by atoms with Crippen LogP contribution in [0.25, 0.3) is 0 Å². The molecule has 0 atom stereocenters. The van der Waals surface area contributed by atoms with Crippen LogP contribution < -0.4 is 0 Å². The quantitative estimate of drug-likeness (QED) is 0.658. The Morgan fingerprint density at radius 2 is 2.08 bits per heavy atom. The van der Waals surface area contributed by atoms with Crippen molar-refractivity contribution in [1.29, 1.82) is 0 Å². The maximum absolute atomic E-state index is 10.3. The van der Waals surface area contributed by atoms with Gasteiger partial charge in [0.05, 0.1) is 0 Å². The second-order valence-electron chi connectivity index (χ2n) is 2.48. The van der Waals surface area contributed by atoms with Crippen molar-refractivity contribution in [3.63, 3.8) is 0 Å². The lowest BCUT2D eigenvalue weighted by Gasteiger charge is -2.10. The number of amides is 1. The molecule has 1 rings (SSSR count). The van der Waals surface area contributed by atoms with Crippen molar-refractivity contribution in [2.75, 3.05) is 7.05 Å². The van der Waals surface area contributed by atoms with Gasteiger partial charge < -0.3 is 4.90 Å². The number of pyridine rings is 1. The summed E-state index contributed by atoms with van der Waals surface area (Å²) >= 11 is 0.